The van der Waals surface area contributed by atoms with Crippen LogP contribution in [0.2, 0.25) is 0 Å². The predicted molar refractivity (Wildman–Crippen MR) is 68.2 cm³/mol. The Morgan fingerprint density at radius 2 is 1.84 bits per heavy atom. The van der Waals surface area contributed by atoms with Crippen LogP contribution in [0.5, 0.6) is 0 Å². The Morgan fingerprint density at radius 1 is 1.26 bits per heavy atom. The molecule has 0 radical (unpaired) electrons. The lowest BCUT2D eigenvalue weighted by atomic mass is 9.83. The standard InChI is InChI=1S/C14H21NO4/c1-14(2)8-10(16)15(13(14)19)11(12(17)18)9-6-4-3-5-7-9/h9,11H,3-8H2,1-2H3,(H,17,18). The molecule has 1 N–H and O–H groups in total. The van der Waals surface area contributed by atoms with E-state index in [9.17, 15) is 19.5 Å². The Hall–Kier alpha value is -1.39. The highest BCUT2D eigenvalue weighted by molar-refractivity contribution is 6.08. The van der Waals surface area contributed by atoms with Crippen LogP contribution < -0.4 is 0 Å². The van der Waals surface area contributed by atoms with Crippen molar-refractivity contribution in [2.24, 2.45) is 11.3 Å². The number of likely N-dealkylation sites (tertiary alicyclic amines) is 1. The van der Waals surface area contributed by atoms with Crippen molar-refractivity contribution in [2.45, 2.75) is 58.4 Å². The molecule has 1 atom stereocenters. The molecule has 1 saturated carbocycles. The predicted octanol–water partition coefficient (Wildman–Crippen LogP) is 1.80. The lowest BCUT2D eigenvalue weighted by Gasteiger charge is -2.33. The molecule has 0 bridgehead atoms. The van der Waals surface area contributed by atoms with Crippen molar-refractivity contribution in [3.8, 4) is 0 Å². The van der Waals surface area contributed by atoms with Gasteiger partial charge in [0.05, 0.1) is 5.41 Å². The van der Waals surface area contributed by atoms with E-state index in [0.717, 1.165) is 37.0 Å². The van der Waals surface area contributed by atoms with Crippen molar-refractivity contribution in [1.29, 1.82) is 0 Å². The molecule has 1 unspecified atom stereocenters. The molecule has 5 nitrogen and oxygen atoms in total. The fourth-order valence-electron chi connectivity index (χ4n) is 3.23. The zero-order valence-corrected chi connectivity index (χ0v) is 11.5. The lowest BCUT2D eigenvalue weighted by Crippen LogP contribution is -2.50. The number of hydrogen-bond donors (Lipinski definition) is 1. The van der Waals surface area contributed by atoms with Gasteiger partial charge in [-0.3, -0.25) is 14.5 Å². The van der Waals surface area contributed by atoms with Gasteiger partial charge >= 0.3 is 5.97 Å². The largest absolute Gasteiger partial charge is 0.480 e. The highest BCUT2D eigenvalue weighted by Gasteiger charge is 2.51. The van der Waals surface area contributed by atoms with Gasteiger partial charge < -0.3 is 5.11 Å². The first kappa shape index (κ1) is 14.0. The number of carbonyl (C=O) groups is 3. The molecule has 1 heterocycles. The van der Waals surface area contributed by atoms with Crippen LogP contribution in [0.25, 0.3) is 0 Å². The maximum absolute atomic E-state index is 12.3. The van der Waals surface area contributed by atoms with Crippen molar-refractivity contribution in [1.82, 2.24) is 4.90 Å². The van der Waals surface area contributed by atoms with E-state index in [1.807, 2.05) is 0 Å². The van der Waals surface area contributed by atoms with Gasteiger partial charge in [-0.05, 0) is 18.8 Å². The molecule has 19 heavy (non-hydrogen) atoms. The van der Waals surface area contributed by atoms with Gasteiger partial charge in [-0.2, -0.15) is 0 Å². The molecular weight excluding hydrogens is 246 g/mol. The Kier molecular flexibility index (Phi) is 3.65. The van der Waals surface area contributed by atoms with Gasteiger partial charge in [-0.15, -0.1) is 0 Å². The molecule has 5 heteroatoms. The Labute approximate surface area is 113 Å². The summed E-state index contributed by atoms with van der Waals surface area (Å²) in [5, 5.41) is 9.45. The molecule has 2 rings (SSSR count). The average molecular weight is 267 g/mol. The number of amides is 2. The van der Waals surface area contributed by atoms with Gasteiger partial charge in [0.1, 0.15) is 6.04 Å². The van der Waals surface area contributed by atoms with Crippen LogP contribution in [0.4, 0.5) is 0 Å². The van der Waals surface area contributed by atoms with E-state index in [2.05, 4.69) is 0 Å². The summed E-state index contributed by atoms with van der Waals surface area (Å²) in [5.41, 5.74) is -0.764. The summed E-state index contributed by atoms with van der Waals surface area (Å²) in [4.78, 5) is 36.9. The number of nitrogens with zero attached hydrogens (tertiary/aromatic N) is 1. The van der Waals surface area contributed by atoms with E-state index >= 15 is 0 Å². The fraction of sp³-hybridized carbons (Fsp3) is 0.786. The van der Waals surface area contributed by atoms with E-state index in [1.54, 1.807) is 13.8 Å². The van der Waals surface area contributed by atoms with Crippen LogP contribution in [0.3, 0.4) is 0 Å². The van der Waals surface area contributed by atoms with Crippen molar-refractivity contribution in [2.75, 3.05) is 0 Å². The third-order valence-electron chi connectivity index (χ3n) is 4.29. The summed E-state index contributed by atoms with van der Waals surface area (Å²) in [6.07, 6.45) is 4.75. The molecule has 0 aromatic heterocycles. The van der Waals surface area contributed by atoms with Crippen LogP contribution in [0.1, 0.15) is 52.4 Å². The first-order valence-corrected chi connectivity index (χ1v) is 6.94. The summed E-state index contributed by atoms with van der Waals surface area (Å²) in [6, 6.07) is -0.970. The summed E-state index contributed by atoms with van der Waals surface area (Å²) >= 11 is 0. The second kappa shape index (κ2) is 4.94. The molecule has 1 aliphatic carbocycles. The Balaban J connectivity index is 2.26. The molecule has 2 amide bonds. The summed E-state index contributed by atoms with van der Waals surface area (Å²) in [6.45, 7) is 3.40. The highest BCUT2D eigenvalue weighted by atomic mass is 16.4. The van der Waals surface area contributed by atoms with E-state index in [-0.39, 0.29) is 24.2 Å². The summed E-state index contributed by atoms with van der Waals surface area (Å²) < 4.78 is 0. The summed E-state index contributed by atoms with van der Waals surface area (Å²) in [5.74, 6) is -1.82. The van der Waals surface area contributed by atoms with Crippen molar-refractivity contribution in [3.05, 3.63) is 0 Å². The second-order valence-electron chi connectivity index (χ2n) is 6.31. The number of rotatable bonds is 3. The van der Waals surface area contributed by atoms with Crippen LogP contribution in [0.15, 0.2) is 0 Å². The van der Waals surface area contributed by atoms with Gasteiger partial charge in [-0.25, -0.2) is 4.79 Å². The smallest absolute Gasteiger partial charge is 0.327 e. The Bertz CT molecular complexity index is 410. The number of carboxylic acid groups (broad SMARTS) is 1. The topological polar surface area (TPSA) is 74.7 Å². The lowest BCUT2D eigenvalue weighted by molar-refractivity contribution is -0.158. The van der Waals surface area contributed by atoms with Gasteiger partial charge in [0, 0.05) is 6.42 Å². The molecule has 1 aliphatic heterocycles. The highest BCUT2D eigenvalue weighted by Crippen LogP contribution is 2.37. The van der Waals surface area contributed by atoms with Gasteiger partial charge in [-0.1, -0.05) is 33.1 Å². The molecule has 106 valence electrons. The maximum atomic E-state index is 12.3. The number of hydrogen-bond acceptors (Lipinski definition) is 3. The number of aliphatic carboxylic acids is 1. The van der Waals surface area contributed by atoms with Gasteiger partial charge in [0.25, 0.3) is 0 Å². The maximum Gasteiger partial charge on any atom is 0.327 e. The van der Waals surface area contributed by atoms with E-state index in [4.69, 9.17) is 0 Å². The number of imide groups is 1. The first-order chi connectivity index (χ1) is 8.84. The molecule has 2 fully saturated rings. The SMILES string of the molecule is CC1(C)CC(=O)N(C(C(=O)O)C2CCCCC2)C1=O. The van der Waals surface area contributed by atoms with Crippen LogP contribution in [-0.4, -0.2) is 33.8 Å². The number of carboxylic acids is 1. The normalized spacial score (nSPS) is 25.7. The Morgan fingerprint density at radius 3 is 2.26 bits per heavy atom. The molecule has 0 aromatic rings. The van der Waals surface area contributed by atoms with Crippen molar-refractivity contribution >= 4 is 17.8 Å². The average Bonchev–Trinajstić information content (AvgIpc) is 2.53. The van der Waals surface area contributed by atoms with E-state index in [0.29, 0.717) is 0 Å². The molecule has 1 saturated heterocycles. The van der Waals surface area contributed by atoms with Crippen molar-refractivity contribution in [3.63, 3.8) is 0 Å². The number of carbonyl (C=O) groups excluding carboxylic acids is 2. The monoisotopic (exact) mass is 267 g/mol. The molecule has 0 spiro atoms. The van der Waals surface area contributed by atoms with Crippen LogP contribution >= 0.6 is 0 Å². The minimum Gasteiger partial charge on any atom is -0.480 e. The molecule has 0 aromatic carbocycles. The van der Waals surface area contributed by atoms with Gasteiger partial charge in [0.15, 0.2) is 0 Å². The quantitative estimate of drug-likeness (QED) is 0.791. The third-order valence-corrected chi connectivity index (χ3v) is 4.29. The van der Waals surface area contributed by atoms with Crippen LogP contribution in [-0.2, 0) is 14.4 Å². The van der Waals surface area contributed by atoms with Crippen LogP contribution in [0, 0.1) is 11.3 Å². The zero-order valence-electron chi connectivity index (χ0n) is 11.5. The molecule has 2 aliphatic rings. The first-order valence-electron chi connectivity index (χ1n) is 6.94. The minimum atomic E-state index is -1.05. The van der Waals surface area contributed by atoms with Gasteiger partial charge in [0.2, 0.25) is 11.8 Å². The third kappa shape index (κ3) is 2.51. The van der Waals surface area contributed by atoms with Crippen molar-refractivity contribution < 1.29 is 19.5 Å². The fourth-order valence-corrected chi connectivity index (χ4v) is 3.23. The molecular formula is C14H21NO4. The van der Waals surface area contributed by atoms with E-state index < -0.39 is 17.4 Å². The zero-order chi connectivity index (χ0) is 14.2. The summed E-state index contributed by atoms with van der Waals surface area (Å²) in [7, 11) is 0. The second-order valence-corrected chi connectivity index (χ2v) is 6.31. The minimum absolute atomic E-state index is 0.0898. The van der Waals surface area contributed by atoms with E-state index in [1.165, 1.54) is 0 Å².